The molecular formula is C13H9ClF2N2O3S. The van der Waals surface area contributed by atoms with Crippen molar-refractivity contribution in [3.05, 3.63) is 41.4 Å². The average molecular weight is 347 g/mol. The summed E-state index contributed by atoms with van der Waals surface area (Å²) >= 11 is 5.80. The van der Waals surface area contributed by atoms with Crippen LogP contribution < -0.4 is 0 Å². The highest BCUT2D eigenvalue weighted by atomic mass is 35.5. The van der Waals surface area contributed by atoms with E-state index in [0.29, 0.717) is 5.39 Å². The highest BCUT2D eigenvalue weighted by Gasteiger charge is 2.25. The minimum atomic E-state index is -3.79. The summed E-state index contributed by atoms with van der Waals surface area (Å²) in [6, 6.07) is 5.80. The van der Waals surface area contributed by atoms with E-state index >= 15 is 0 Å². The number of pyridine rings is 1. The number of nitrogens with zero attached hydrogens (tertiary/aromatic N) is 2. The van der Waals surface area contributed by atoms with Crippen LogP contribution in [0.5, 0.6) is 0 Å². The quantitative estimate of drug-likeness (QED) is 0.678. The third-order valence-electron chi connectivity index (χ3n) is 3.08. The van der Waals surface area contributed by atoms with E-state index in [1.165, 1.54) is 18.2 Å². The molecule has 0 fully saturated rings. The van der Waals surface area contributed by atoms with Gasteiger partial charge in [0.2, 0.25) is 10.0 Å². The van der Waals surface area contributed by atoms with Crippen molar-refractivity contribution >= 4 is 32.7 Å². The van der Waals surface area contributed by atoms with Crippen molar-refractivity contribution in [3.63, 3.8) is 0 Å². The molecule has 0 atom stereocenters. The second-order valence-corrected chi connectivity index (χ2v) is 6.82. The lowest BCUT2D eigenvalue weighted by molar-refractivity contribution is 0.122. The van der Waals surface area contributed by atoms with E-state index in [0.717, 1.165) is 16.5 Å². The Morgan fingerprint density at radius 2 is 2.05 bits per heavy atom. The maximum atomic E-state index is 13.0. The molecule has 0 unspecified atom stereocenters. The summed E-state index contributed by atoms with van der Waals surface area (Å²) in [4.78, 5) is 3.98. The summed E-state index contributed by atoms with van der Waals surface area (Å²) in [6.07, 6.45) is -0.824. The number of aromatic nitrogens is 2. The summed E-state index contributed by atoms with van der Waals surface area (Å²) in [5.41, 5.74) is 0.122. The van der Waals surface area contributed by atoms with E-state index in [4.69, 9.17) is 16.0 Å². The van der Waals surface area contributed by atoms with Crippen LogP contribution >= 0.6 is 11.6 Å². The monoisotopic (exact) mass is 346 g/mol. The molecule has 3 rings (SSSR count). The van der Waals surface area contributed by atoms with Crippen LogP contribution in [0.2, 0.25) is 5.15 Å². The molecule has 3 heterocycles. The smallest absolute Gasteiger partial charge is 0.296 e. The van der Waals surface area contributed by atoms with Gasteiger partial charge >= 0.3 is 0 Å². The van der Waals surface area contributed by atoms with Crippen LogP contribution in [-0.4, -0.2) is 23.6 Å². The topological polar surface area (TPSA) is 65.1 Å². The zero-order valence-corrected chi connectivity index (χ0v) is 12.7. The predicted octanol–water partition coefficient (Wildman–Crippen LogP) is 3.70. The molecule has 22 heavy (non-hydrogen) atoms. The zero-order valence-electron chi connectivity index (χ0n) is 11.1. The molecule has 0 saturated heterocycles. The lowest BCUT2D eigenvalue weighted by atomic mass is 10.2. The van der Waals surface area contributed by atoms with E-state index in [2.05, 4.69) is 4.98 Å². The SMILES string of the molecule is CS(=O)(=O)n1c(-c2ccoc2C(F)F)cc2ccc(Cl)nc21. The lowest BCUT2D eigenvalue weighted by Gasteiger charge is -2.07. The molecule has 0 spiro atoms. The van der Waals surface area contributed by atoms with Crippen molar-refractivity contribution in [3.8, 4) is 11.3 Å². The summed E-state index contributed by atoms with van der Waals surface area (Å²) in [7, 11) is -3.79. The Labute approximate surface area is 129 Å². The molecule has 0 aliphatic rings. The first kappa shape index (κ1) is 15.0. The van der Waals surface area contributed by atoms with Gasteiger partial charge in [0.15, 0.2) is 11.4 Å². The van der Waals surface area contributed by atoms with Gasteiger partial charge in [0.05, 0.1) is 18.2 Å². The molecule has 0 aromatic carbocycles. The number of alkyl halides is 2. The second-order valence-electron chi connectivity index (χ2n) is 4.60. The summed E-state index contributed by atoms with van der Waals surface area (Å²) < 4.78 is 55.8. The van der Waals surface area contributed by atoms with E-state index in [9.17, 15) is 17.2 Å². The van der Waals surface area contributed by atoms with Gasteiger partial charge in [0.25, 0.3) is 6.43 Å². The van der Waals surface area contributed by atoms with Crippen molar-refractivity contribution in [2.24, 2.45) is 0 Å². The third-order valence-corrected chi connectivity index (χ3v) is 4.32. The van der Waals surface area contributed by atoms with Crippen LogP contribution in [0.25, 0.3) is 22.3 Å². The van der Waals surface area contributed by atoms with E-state index in [1.54, 1.807) is 6.07 Å². The normalized spacial score (nSPS) is 12.4. The number of halogens is 3. The fraction of sp³-hybridized carbons (Fsp3) is 0.154. The molecular weight excluding hydrogens is 338 g/mol. The van der Waals surface area contributed by atoms with Gasteiger partial charge in [-0.1, -0.05) is 11.6 Å². The molecule has 116 valence electrons. The van der Waals surface area contributed by atoms with Crippen molar-refractivity contribution in [2.45, 2.75) is 6.43 Å². The van der Waals surface area contributed by atoms with Crippen LogP contribution in [-0.2, 0) is 10.0 Å². The van der Waals surface area contributed by atoms with Gasteiger partial charge in [-0.15, -0.1) is 0 Å². The van der Waals surface area contributed by atoms with Gasteiger partial charge in [-0.2, -0.15) is 0 Å². The highest BCUT2D eigenvalue weighted by Crippen LogP contribution is 2.36. The first-order chi connectivity index (χ1) is 10.3. The number of hydrogen-bond donors (Lipinski definition) is 0. The van der Waals surface area contributed by atoms with Gasteiger partial charge in [-0.05, 0) is 24.3 Å². The Hall–Kier alpha value is -1.93. The average Bonchev–Trinajstić information content (AvgIpc) is 3.00. The van der Waals surface area contributed by atoms with Crippen molar-refractivity contribution in [1.82, 2.24) is 8.96 Å². The molecule has 0 saturated carbocycles. The molecule has 0 aliphatic carbocycles. The number of fused-ring (bicyclic) bond motifs is 1. The van der Waals surface area contributed by atoms with Crippen molar-refractivity contribution in [2.75, 3.05) is 6.26 Å². The van der Waals surface area contributed by atoms with Crippen molar-refractivity contribution < 1.29 is 21.6 Å². The standard InChI is InChI=1S/C13H9ClF2N2O3S/c1-22(19,20)18-9(8-4-5-21-11(8)12(15)16)6-7-2-3-10(14)17-13(7)18/h2-6,12H,1H3. The molecule has 3 aromatic rings. The molecule has 0 amide bonds. The van der Waals surface area contributed by atoms with Crippen LogP contribution in [0.1, 0.15) is 12.2 Å². The molecule has 5 nitrogen and oxygen atoms in total. The van der Waals surface area contributed by atoms with Gasteiger partial charge in [-0.25, -0.2) is 26.2 Å². The largest absolute Gasteiger partial charge is 0.463 e. The number of hydrogen-bond acceptors (Lipinski definition) is 4. The zero-order chi connectivity index (χ0) is 16.1. The molecule has 3 aromatic heterocycles. The first-order valence-electron chi connectivity index (χ1n) is 6.03. The Balaban J connectivity index is 2.41. The molecule has 0 radical (unpaired) electrons. The fourth-order valence-corrected chi connectivity index (χ4v) is 3.37. The summed E-state index contributed by atoms with van der Waals surface area (Å²) in [5, 5.41) is 0.564. The fourth-order valence-electron chi connectivity index (χ4n) is 2.26. The Morgan fingerprint density at radius 3 is 2.68 bits per heavy atom. The van der Waals surface area contributed by atoms with Gasteiger partial charge in [0.1, 0.15) is 5.15 Å². The van der Waals surface area contributed by atoms with Crippen LogP contribution in [0.4, 0.5) is 8.78 Å². The lowest BCUT2D eigenvalue weighted by Crippen LogP contribution is -2.12. The van der Waals surface area contributed by atoms with E-state index < -0.39 is 22.2 Å². The van der Waals surface area contributed by atoms with Gasteiger partial charge in [-0.3, -0.25) is 0 Å². The maximum Gasteiger partial charge on any atom is 0.296 e. The third kappa shape index (κ3) is 2.38. The maximum absolute atomic E-state index is 13.0. The minimum absolute atomic E-state index is 0.00505. The predicted molar refractivity (Wildman–Crippen MR) is 77.6 cm³/mol. The van der Waals surface area contributed by atoms with Gasteiger partial charge < -0.3 is 4.42 Å². The van der Waals surface area contributed by atoms with Crippen LogP contribution in [0, 0.1) is 0 Å². The molecule has 0 bridgehead atoms. The number of furan rings is 1. The van der Waals surface area contributed by atoms with Crippen molar-refractivity contribution in [1.29, 1.82) is 0 Å². The first-order valence-corrected chi connectivity index (χ1v) is 8.26. The molecule has 0 N–H and O–H groups in total. The van der Waals surface area contributed by atoms with Gasteiger partial charge in [0, 0.05) is 10.9 Å². The van der Waals surface area contributed by atoms with E-state index in [-0.39, 0.29) is 22.1 Å². The Kier molecular flexibility index (Phi) is 3.45. The summed E-state index contributed by atoms with van der Waals surface area (Å²) in [5.74, 6) is -0.598. The molecule has 9 heteroatoms. The molecule has 0 aliphatic heterocycles. The highest BCUT2D eigenvalue weighted by molar-refractivity contribution is 7.89. The Morgan fingerprint density at radius 1 is 1.32 bits per heavy atom. The summed E-state index contributed by atoms with van der Waals surface area (Å²) in [6.45, 7) is 0. The van der Waals surface area contributed by atoms with Crippen LogP contribution in [0.3, 0.4) is 0 Å². The second kappa shape index (κ2) is 5.06. The Bertz CT molecular complexity index is 963. The van der Waals surface area contributed by atoms with E-state index in [1.807, 2.05) is 0 Å². The number of rotatable bonds is 3. The van der Waals surface area contributed by atoms with Crippen LogP contribution in [0.15, 0.2) is 34.9 Å². The minimum Gasteiger partial charge on any atom is -0.463 e.